The second-order valence-corrected chi connectivity index (χ2v) is 7.65. The Morgan fingerprint density at radius 2 is 1.92 bits per heavy atom. The maximum absolute atomic E-state index is 12.3. The molecule has 1 aromatic rings. The molecule has 1 aromatic carbocycles. The summed E-state index contributed by atoms with van der Waals surface area (Å²) < 4.78 is 11.4. The van der Waals surface area contributed by atoms with Crippen LogP contribution in [0.4, 0.5) is 0 Å². The van der Waals surface area contributed by atoms with E-state index >= 15 is 0 Å². The average Bonchev–Trinajstić information content (AvgIpc) is 2.82. The lowest BCUT2D eigenvalue weighted by atomic mass is 10.1. The van der Waals surface area contributed by atoms with Crippen LogP contribution in [0.25, 0.3) is 6.08 Å². The third kappa shape index (κ3) is 3.65. The fraction of sp³-hybridized carbons (Fsp3) is 0.444. The molecule has 0 saturated carbocycles. The fourth-order valence-electron chi connectivity index (χ4n) is 3.10. The number of halogens is 1. The molecule has 3 aliphatic rings. The normalized spacial score (nSPS) is 22.1. The first-order chi connectivity index (χ1) is 12.2. The number of carbonyl (C=O) groups is 1. The first kappa shape index (κ1) is 16.8. The summed E-state index contributed by atoms with van der Waals surface area (Å²) in [5.74, 6) is 1.02. The molecular weight excluding hydrogens is 360 g/mol. The number of amides is 1. The summed E-state index contributed by atoms with van der Waals surface area (Å²) in [5.41, 5.74) is 0.820. The van der Waals surface area contributed by atoms with Crippen LogP contribution in [0, 0.1) is 0 Å². The monoisotopic (exact) mass is 378 g/mol. The van der Waals surface area contributed by atoms with Crippen molar-refractivity contribution < 1.29 is 14.3 Å². The summed E-state index contributed by atoms with van der Waals surface area (Å²) in [7, 11) is 0. The van der Waals surface area contributed by atoms with Crippen molar-refractivity contribution in [2.75, 3.05) is 26.3 Å². The molecule has 25 heavy (non-hydrogen) atoms. The highest BCUT2D eigenvalue weighted by molar-refractivity contribution is 8.18. The number of carbonyl (C=O) groups excluding carboxylic acids is 1. The molecule has 1 amide bonds. The van der Waals surface area contributed by atoms with Gasteiger partial charge in [-0.3, -0.25) is 4.79 Å². The van der Waals surface area contributed by atoms with Gasteiger partial charge < -0.3 is 14.4 Å². The maximum atomic E-state index is 12.3. The third-order valence-corrected chi connectivity index (χ3v) is 5.68. The van der Waals surface area contributed by atoms with Gasteiger partial charge in [-0.1, -0.05) is 11.6 Å². The Balaban J connectivity index is 1.56. The van der Waals surface area contributed by atoms with E-state index in [-0.39, 0.29) is 5.91 Å². The summed E-state index contributed by atoms with van der Waals surface area (Å²) in [6, 6.07) is 3.67. The number of nitrogens with zero attached hydrogens (tertiary/aromatic N) is 2. The van der Waals surface area contributed by atoms with Crippen LogP contribution < -0.4 is 9.47 Å². The summed E-state index contributed by atoms with van der Waals surface area (Å²) in [6.07, 6.45) is 6.21. The molecule has 0 aliphatic carbocycles. The van der Waals surface area contributed by atoms with E-state index in [1.54, 1.807) is 6.07 Å². The van der Waals surface area contributed by atoms with Crippen LogP contribution >= 0.6 is 23.4 Å². The molecule has 0 radical (unpaired) electrons. The lowest BCUT2D eigenvalue weighted by molar-refractivity contribution is -0.113. The van der Waals surface area contributed by atoms with E-state index in [0.29, 0.717) is 34.6 Å². The van der Waals surface area contributed by atoms with E-state index in [2.05, 4.69) is 9.89 Å². The second kappa shape index (κ2) is 7.30. The van der Waals surface area contributed by atoms with Gasteiger partial charge in [-0.05, 0) is 54.8 Å². The molecule has 0 N–H and O–H groups in total. The van der Waals surface area contributed by atoms with Crippen LogP contribution in [0.15, 0.2) is 22.0 Å². The van der Waals surface area contributed by atoms with Crippen molar-refractivity contribution in [2.45, 2.75) is 25.7 Å². The number of thioether (sulfide) groups is 1. The van der Waals surface area contributed by atoms with E-state index in [9.17, 15) is 4.79 Å². The van der Waals surface area contributed by atoms with Crippen molar-refractivity contribution in [3.8, 4) is 11.5 Å². The Morgan fingerprint density at radius 1 is 1.12 bits per heavy atom. The maximum Gasteiger partial charge on any atom is 0.286 e. The smallest absolute Gasteiger partial charge is 0.286 e. The molecule has 0 aromatic heterocycles. The van der Waals surface area contributed by atoms with Gasteiger partial charge >= 0.3 is 0 Å². The van der Waals surface area contributed by atoms with Gasteiger partial charge in [0.05, 0.1) is 23.1 Å². The van der Waals surface area contributed by atoms with Crippen LogP contribution in [0.2, 0.25) is 5.02 Å². The molecule has 1 fully saturated rings. The molecule has 1 saturated heterocycles. The SMILES string of the molecule is O=C1N=C(N2CCCCC2)S/C1=C\c1cc(Cl)c2c(c1)OCCCO2. The Kier molecular flexibility index (Phi) is 4.90. The molecule has 3 heterocycles. The first-order valence-electron chi connectivity index (χ1n) is 8.57. The van der Waals surface area contributed by atoms with Gasteiger partial charge in [-0.2, -0.15) is 4.99 Å². The van der Waals surface area contributed by atoms with Gasteiger partial charge in [-0.25, -0.2) is 0 Å². The van der Waals surface area contributed by atoms with Crippen molar-refractivity contribution in [1.82, 2.24) is 4.90 Å². The lowest BCUT2D eigenvalue weighted by Gasteiger charge is -2.27. The zero-order chi connectivity index (χ0) is 17.2. The van der Waals surface area contributed by atoms with Crippen LogP contribution in [-0.4, -0.2) is 42.3 Å². The zero-order valence-electron chi connectivity index (χ0n) is 13.8. The van der Waals surface area contributed by atoms with E-state index < -0.39 is 0 Å². The number of piperidine rings is 1. The molecule has 4 rings (SSSR count). The minimum Gasteiger partial charge on any atom is -0.489 e. The van der Waals surface area contributed by atoms with Gasteiger partial charge in [0.2, 0.25) is 0 Å². The van der Waals surface area contributed by atoms with Gasteiger partial charge in [0.1, 0.15) is 0 Å². The molecule has 0 unspecified atom stereocenters. The van der Waals surface area contributed by atoms with E-state index in [1.807, 2.05) is 12.1 Å². The van der Waals surface area contributed by atoms with Crippen LogP contribution in [0.3, 0.4) is 0 Å². The second-order valence-electron chi connectivity index (χ2n) is 6.24. The highest BCUT2D eigenvalue weighted by atomic mass is 35.5. The predicted molar refractivity (Wildman–Crippen MR) is 100 cm³/mol. The van der Waals surface area contributed by atoms with Gasteiger partial charge in [0.15, 0.2) is 16.7 Å². The predicted octanol–water partition coefficient (Wildman–Crippen LogP) is 3.96. The standard InChI is InChI=1S/C18H19ClN2O3S/c19-13-9-12(10-14-16(13)24-8-4-7-23-14)11-15-17(22)20-18(25-15)21-5-2-1-3-6-21/h9-11H,1-8H2/b15-11-. The van der Waals surface area contributed by atoms with Gasteiger partial charge in [-0.15, -0.1) is 0 Å². The van der Waals surface area contributed by atoms with Crippen molar-refractivity contribution >= 4 is 40.5 Å². The van der Waals surface area contributed by atoms with Crippen molar-refractivity contribution in [3.05, 3.63) is 27.6 Å². The molecule has 0 atom stereocenters. The quantitative estimate of drug-likeness (QED) is 0.692. The summed E-state index contributed by atoms with van der Waals surface area (Å²) in [6.45, 7) is 3.14. The Labute approximate surface area is 156 Å². The van der Waals surface area contributed by atoms with Crippen LogP contribution in [0.5, 0.6) is 11.5 Å². The van der Waals surface area contributed by atoms with Crippen LogP contribution in [0.1, 0.15) is 31.2 Å². The highest BCUT2D eigenvalue weighted by Gasteiger charge is 2.27. The number of fused-ring (bicyclic) bond motifs is 1. The summed E-state index contributed by atoms with van der Waals surface area (Å²) in [5, 5.41) is 1.32. The molecule has 7 heteroatoms. The molecule has 3 aliphatic heterocycles. The Bertz CT molecular complexity index is 757. The van der Waals surface area contributed by atoms with Crippen LogP contribution in [-0.2, 0) is 4.79 Å². The highest BCUT2D eigenvalue weighted by Crippen LogP contribution is 2.39. The van der Waals surface area contributed by atoms with Crippen molar-refractivity contribution in [3.63, 3.8) is 0 Å². The summed E-state index contributed by atoms with van der Waals surface area (Å²) >= 11 is 7.77. The number of rotatable bonds is 1. The largest absolute Gasteiger partial charge is 0.489 e. The van der Waals surface area contributed by atoms with E-state index in [1.165, 1.54) is 18.2 Å². The molecular formula is C18H19ClN2O3S. The Morgan fingerprint density at radius 3 is 2.76 bits per heavy atom. The minimum atomic E-state index is -0.186. The van der Waals surface area contributed by atoms with E-state index in [4.69, 9.17) is 21.1 Å². The fourth-order valence-corrected chi connectivity index (χ4v) is 4.34. The molecule has 5 nitrogen and oxygen atoms in total. The average molecular weight is 379 g/mol. The van der Waals surface area contributed by atoms with Gasteiger partial charge in [0, 0.05) is 19.5 Å². The van der Waals surface area contributed by atoms with Gasteiger partial charge in [0.25, 0.3) is 5.91 Å². The number of benzene rings is 1. The number of ether oxygens (including phenoxy) is 2. The number of hydrogen-bond donors (Lipinski definition) is 0. The molecule has 0 spiro atoms. The number of hydrogen-bond acceptors (Lipinski definition) is 5. The van der Waals surface area contributed by atoms with E-state index in [0.717, 1.165) is 43.1 Å². The topological polar surface area (TPSA) is 51.1 Å². The molecule has 132 valence electrons. The number of likely N-dealkylation sites (tertiary alicyclic amines) is 1. The van der Waals surface area contributed by atoms with Crippen molar-refractivity contribution in [2.24, 2.45) is 4.99 Å². The summed E-state index contributed by atoms with van der Waals surface area (Å²) in [4.78, 5) is 19.3. The Hall–Kier alpha value is -1.66. The van der Waals surface area contributed by atoms with Crippen molar-refractivity contribution in [1.29, 1.82) is 0 Å². The number of aliphatic imine (C=N–C) groups is 1. The third-order valence-electron chi connectivity index (χ3n) is 4.36. The first-order valence-corrected chi connectivity index (χ1v) is 9.77. The zero-order valence-corrected chi connectivity index (χ0v) is 15.4. The number of amidine groups is 1. The lowest BCUT2D eigenvalue weighted by Crippen LogP contribution is -2.33. The molecule has 0 bridgehead atoms. The minimum absolute atomic E-state index is 0.186.